The second-order valence-corrected chi connectivity index (χ2v) is 5.21. The number of H-pyrrole nitrogens is 1. The predicted octanol–water partition coefficient (Wildman–Crippen LogP) is 1.02. The minimum atomic E-state index is -1.34. The molecule has 130 valence electrons. The van der Waals surface area contributed by atoms with Gasteiger partial charge in [0.15, 0.2) is 5.70 Å². The number of hydrogen-bond donors (Lipinski definition) is 5. The highest BCUT2D eigenvalue weighted by Crippen LogP contribution is 2.16. The lowest BCUT2D eigenvalue weighted by molar-refractivity contribution is -0.132. The molecule has 0 bridgehead atoms. The summed E-state index contributed by atoms with van der Waals surface area (Å²) in [6.07, 6.45) is 1.73. The molecule has 26 heavy (non-hydrogen) atoms. The van der Waals surface area contributed by atoms with Crippen molar-refractivity contribution in [3.8, 4) is 17.6 Å². The van der Waals surface area contributed by atoms with Crippen LogP contribution in [0.25, 0.3) is 10.9 Å². The summed E-state index contributed by atoms with van der Waals surface area (Å²) in [6, 6.07) is 12.5. The smallest absolute Gasteiger partial charge is 0.357 e. The molecule has 0 atom stereocenters. The number of carboxylic acid groups (broad SMARTS) is 1. The van der Waals surface area contributed by atoms with Crippen LogP contribution >= 0.6 is 0 Å². The maximum Gasteiger partial charge on any atom is 0.357 e. The summed E-state index contributed by atoms with van der Waals surface area (Å²) < 4.78 is 5.33. The van der Waals surface area contributed by atoms with E-state index >= 15 is 0 Å². The molecule has 0 radical (unpaired) electrons. The van der Waals surface area contributed by atoms with E-state index in [-0.39, 0.29) is 5.88 Å². The van der Waals surface area contributed by atoms with E-state index in [1.165, 1.54) is 0 Å². The minimum Gasteiger partial charge on any atom is -0.476 e. The van der Waals surface area contributed by atoms with Crippen molar-refractivity contribution in [3.63, 3.8) is 0 Å². The van der Waals surface area contributed by atoms with Crippen molar-refractivity contribution in [2.45, 2.75) is 0 Å². The predicted molar refractivity (Wildman–Crippen MR) is 95.3 cm³/mol. The highest BCUT2D eigenvalue weighted by Gasteiger charge is 2.12. The second-order valence-electron chi connectivity index (χ2n) is 5.21. The minimum absolute atomic E-state index is 0.247. The quantitative estimate of drug-likeness (QED) is 0.156. The number of nitrogens with two attached hydrogens (primary N) is 2. The van der Waals surface area contributed by atoms with Gasteiger partial charge in [-0.3, -0.25) is 10.5 Å². The van der Waals surface area contributed by atoms with E-state index in [1.807, 2.05) is 18.2 Å². The van der Waals surface area contributed by atoms with Gasteiger partial charge in [-0.05, 0) is 36.4 Å². The lowest BCUT2D eigenvalue weighted by atomic mass is 10.1. The fourth-order valence-electron chi connectivity index (χ4n) is 2.20. The first-order valence-electron chi connectivity index (χ1n) is 7.50. The van der Waals surface area contributed by atoms with Crippen molar-refractivity contribution >= 4 is 16.9 Å². The zero-order valence-corrected chi connectivity index (χ0v) is 13.5. The van der Waals surface area contributed by atoms with Crippen LogP contribution in [0.3, 0.4) is 0 Å². The molecule has 2 aromatic carbocycles. The summed E-state index contributed by atoms with van der Waals surface area (Å²) in [7, 11) is 0. The maximum absolute atomic E-state index is 10.9. The highest BCUT2D eigenvalue weighted by atomic mass is 16.5. The van der Waals surface area contributed by atoms with Crippen LogP contribution < -0.4 is 21.7 Å². The molecule has 0 fully saturated rings. The molecule has 0 unspecified atom stereocenters. The van der Waals surface area contributed by atoms with Gasteiger partial charge >= 0.3 is 5.97 Å². The summed E-state index contributed by atoms with van der Waals surface area (Å²) in [5.41, 5.74) is 9.52. The molecule has 7 N–H and O–H groups in total. The Morgan fingerprint density at radius 2 is 1.96 bits per heavy atom. The van der Waals surface area contributed by atoms with Gasteiger partial charge in [-0.2, -0.15) is 5.10 Å². The summed E-state index contributed by atoms with van der Waals surface area (Å²) in [5, 5.41) is 16.7. The van der Waals surface area contributed by atoms with Crippen LogP contribution in [0.5, 0.6) is 5.75 Å². The molecule has 0 spiro atoms. The Bertz CT molecular complexity index is 1040. The third-order valence-electron chi connectivity index (χ3n) is 3.51. The van der Waals surface area contributed by atoms with Gasteiger partial charge in [0.2, 0.25) is 5.88 Å². The standard InChI is InChI=1S/C18H15N5O3/c19-16(18(24)25)17(22-20)26-13-8-5-11(6-9-13)4-7-12-2-1-3-15-14(12)10-21-23-15/h1-3,5-6,8-10,22H,19-20H2,(H,21,23)(H,24,25)/b17-16+. The number of hydrazine groups is 1. The van der Waals surface area contributed by atoms with E-state index in [0.29, 0.717) is 5.75 Å². The molecule has 8 nitrogen and oxygen atoms in total. The van der Waals surface area contributed by atoms with E-state index in [4.69, 9.17) is 21.4 Å². The maximum atomic E-state index is 10.9. The third kappa shape index (κ3) is 3.58. The number of rotatable bonds is 4. The number of fused-ring (bicyclic) bond motifs is 1. The van der Waals surface area contributed by atoms with Crippen LogP contribution in [0.1, 0.15) is 11.1 Å². The monoisotopic (exact) mass is 349 g/mol. The van der Waals surface area contributed by atoms with Crippen LogP contribution in [-0.4, -0.2) is 21.3 Å². The van der Waals surface area contributed by atoms with Gasteiger partial charge in [-0.15, -0.1) is 0 Å². The van der Waals surface area contributed by atoms with E-state index in [2.05, 4.69) is 27.5 Å². The van der Waals surface area contributed by atoms with Crippen molar-refractivity contribution in [2.24, 2.45) is 11.6 Å². The molecule has 0 aliphatic heterocycles. The molecule has 8 heteroatoms. The first-order valence-corrected chi connectivity index (χ1v) is 7.50. The van der Waals surface area contributed by atoms with Crippen LogP contribution in [0.15, 0.2) is 60.2 Å². The Balaban J connectivity index is 1.80. The number of benzene rings is 2. The van der Waals surface area contributed by atoms with Crippen LogP contribution in [0.4, 0.5) is 0 Å². The van der Waals surface area contributed by atoms with Crippen molar-refractivity contribution < 1.29 is 14.6 Å². The first kappa shape index (κ1) is 16.9. The Kier molecular flexibility index (Phi) is 4.74. The number of aromatic nitrogens is 2. The largest absolute Gasteiger partial charge is 0.476 e. The number of hydrogen-bond acceptors (Lipinski definition) is 6. The van der Waals surface area contributed by atoms with Crippen molar-refractivity contribution in [1.29, 1.82) is 0 Å². The Morgan fingerprint density at radius 3 is 2.65 bits per heavy atom. The fraction of sp³-hybridized carbons (Fsp3) is 0. The van der Waals surface area contributed by atoms with Crippen LogP contribution in [0, 0.1) is 11.8 Å². The summed E-state index contributed by atoms with van der Waals surface area (Å²) in [6.45, 7) is 0. The summed E-state index contributed by atoms with van der Waals surface area (Å²) in [4.78, 5) is 10.9. The van der Waals surface area contributed by atoms with Gasteiger partial charge in [0.25, 0.3) is 0 Å². The summed E-state index contributed by atoms with van der Waals surface area (Å²) in [5.74, 6) is 10.2. The molecule has 0 aliphatic rings. The van der Waals surface area contributed by atoms with E-state index < -0.39 is 11.7 Å². The molecule has 0 aliphatic carbocycles. The number of ether oxygens (including phenoxy) is 1. The van der Waals surface area contributed by atoms with Crippen molar-refractivity contribution in [3.05, 3.63) is 71.4 Å². The Hall–Kier alpha value is -3.96. The average Bonchev–Trinajstić information content (AvgIpc) is 3.14. The third-order valence-corrected chi connectivity index (χ3v) is 3.51. The number of aliphatic carboxylic acids is 1. The van der Waals surface area contributed by atoms with Gasteiger partial charge in [0, 0.05) is 16.5 Å². The average molecular weight is 349 g/mol. The van der Waals surface area contributed by atoms with Crippen LogP contribution in [-0.2, 0) is 4.79 Å². The lowest BCUT2D eigenvalue weighted by Crippen LogP contribution is -2.31. The Labute approximate surface area is 148 Å². The molecule has 0 saturated carbocycles. The van der Waals surface area contributed by atoms with Crippen molar-refractivity contribution in [1.82, 2.24) is 15.6 Å². The molecule has 3 rings (SSSR count). The fourth-order valence-corrected chi connectivity index (χ4v) is 2.20. The van der Waals surface area contributed by atoms with Gasteiger partial charge in [0.1, 0.15) is 5.75 Å². The molecular formula is C18H15N5O3. The molecule has 1 heterocycles. The molecule has 3 aromatic rings. The summed E-state index contributed by atoms with van der Waals surface area (Å²) >= 11 is 0. The molecule has 0 amide bonds. The molecule has 1 aromatic heterocycles. The number of carboxylic acids is 1. The lowest BCUT2D eigenvalue weighted by Gasteiger charge is -2.10. The van der Waals surface area contributed by atoms with Gasteiger partial charge in [0.05, 0.1) is 11.7 Å². The van der Waals surface area contributed by atoms with Gasteiger partial charge < -0.3 is 15.6 Å². The van der Waals surface area contributed by atoms with E-state index in [9.17, 15) is 4.79 Å². The Morgan fingerprint density at radius 1 is 1.19 bits per heavy atom. The van der Waals surface area contributed by atoms with Crippen molar-refractivity contribution in [2.75, 3.05) is 0 Å². The zero-order valence-electron chi connectivity index (χ0n) is 13.5. The first-order chi connectivity index (χ1) is 12.6. The highest BCUT2D eigenvalue weighted by molar-refractivity contribution is 5.86. The van der Waals surface area contributed by atoms with Gasteiger partial charge in [-0.25, -0.2) is 10.6 Å². The SMILES string of the molecule is NN/C(Oc1ccc(C#Cc2cccc3[nH]ncc23)cc1)=C(\N)C(=O)O. The molecular weight excluding hydrogens is 334 g/mol. The van der Waals surface area contributed by atoms with E-state index in [0.717, 1.165) is 22.0 Å². The number of nitrogens with one attached hydrogen (secondary N) is 2. The number of carbonyl (C=O) groups is 1. The second kappa shape index (κ2) is 7.29. The van der Waals surface area contributed by atoms with E-state index in [1.54, 1.807) is 30.5 Å². The number of nitrogens with zero attached hydrogens (tertiary/aromatic N) is 1. The van der Waals surface area contributed by atoms with Crippen LogP contribution in [0.2, 0.25) is 0 Å². The molecule has 0 saturated heterocycles. The normalized spacial score (nSPS) is 11.3. The van der Waals surface area contributed by atoms with Gasteiger partial charge in [-0.1, -0.05) is 17.9 Å². The topological polar surface area (TPSA) is 139 Å². The number of aromatic amines is 1. The zero-order chi connectivity index (χ0) is 18.5.